The van der Waals surface area contributed by atoms with Crippen molar-refractivity contribution >= 4 is 5.69 Å². The van der Waals surface area contributed by atoms with Gasteiger partial charge in [-0.3, -0.25) is 0 Å². The van der Waals surface area contributed by atoms with E-state index in [-0.39, 0.29) is 0 Å². The summed E-state index contributed by atoms with van der Waals surface area (Å²) >= 11 is 0. The van der Waals surface area contributed by atoms with Crippen molar-refractivity contribution in [3.8, 4) is 0 Å². The van der Waals surface area contributed by atoms with Gasteiger partial charge in [0.25, 0.3) is 0 Å². The van der Waals surface area contributed by atoms with Gasteiger partial charge in [0.15, 0.2) is 0 Å². The van der Waals surface area contributed by atoms with Gasteiger partial charge in [0.2, 0.25) is 0 Å². The van der Waals surface area contributed by atoms with Crippen molar-refractivity contribution in [3.05, 3.63) is 29.8 Å². The van der Waals surface area contributed by atoms with Crippen molar-refractivity contribution in [1.29, 1.82) is 0 Å². The van der Waals surface area contributed by atoms with E-state index in [1.807, 2.05) is 0 Å². The van der Waals surface area contributed by atoms with E-state index >= 15 is 0 Å². The molecule has 0 aromatic heterocycles. The van der Waals surface area contributed by atoms with Crippen LogP contribution in [0.3, 0.4) is 0 Å². The van der Waals surface area contributed by atoms with Gasteiger partial charge >= 0.3 is 0 Å². The maximum absolute atomic E-state index is 5.62. The molecule has 3 heteroatoms. The first-order valence-electron chi connectivity index (χ1n) is 6.48. The molecular weight excluding hydrogens is 212 g/mol. The minimum atomic E-state index is 0.525. The number of nitrogens with zero attached hydrogens (tertiary/aromatic N) is 1. The lowest BCUT2D eigenvalue weighted by Crippen LogP contribution is -2.41. The van der Waals surface area contributed by atoms with Gasteiger partial charge in [-0.2, -0.15) is 0 Å². The van der Waals surface area contributed by atoms with E-state index in [0.29, 0.717) is 12.6 Å². The topological polar surface area (TPSA) is 38.5 Å². The molecule has 3 nitrogen and oxygen atoms in total. The Balaban J connectivity index is 2.10. The number of hydrogen-bond donors (Lipinski definition) is 1. The summed E-state index contributed by atoms with van der Waals surface area (Å²) in [6, 6.07) is 9.08. The standard InChI is InChI=1S/C14H22N2O/c1-2-16(14-4-3-9-17-11-14)13-7-5-12(10-15)6-8-13/h5-8,14H,2-4,9-11,15H2,1H3. The maximum atomic E-state index is 5.62. The molecule has 0 radical (unpaired) electrons. The van der Waals surface area contributed by atoms with Crippen LogP contribution in [0.2, 0.25) is 0 Å². The van der Waals surface area contributed by atoms with Gasteiger partial charge in [-0.05, 0) is 37.5 Å². The molecule has 0 spiro atoms. The quantitative estimate of drug-likeness (QED) is 0.867. The summed E-state index contributed by atoms with van der Waals surface area (Å²) < 4.78 is 5.57. The highest BCUT2D eigenvalue weighted by Crippen LogP contribution is 2.22. The maximum Gasteiger partial charge on any atom is 0.0669 e. The van der Waals surface area contributed by atoms with Crippen molar-refractivity contribution in [1.82, 2.24) is 0 Å². The van der Waals surface area contributed by atoms with E-state index in [1.54, 1.807) is 0 Å². The third-order valence-electron chi connectivity index (χ3n) is 3.42. The van der Waals surface area contributed by atoms with E-state index in [2.05, 4.69) is 36.1 Å². The molecule has 1 aromatic carbocycles. The number of likely N-dealkylation sites (N-methyl/N-ethyl adjacent to an activating group) is 1. The zero-order valence-electron chi connectivity index (χ0n) is 10.6. The first kappa shape index (κ1) is 12.4. The second kappa shape index (κ2) is 6.03. The summed E-state index contributed by atoms with van der Waals surface area (Å²) in [5, 5.41) is 0. The van der Waals surface area contributed by atoms with Crippen molar-refractivity contribution in [2.24, 2.45) is 5.73 Å². The van der Waals surface area contributed by atoms with Crippen molar-refractivity contribution in [2.45, 2.75) is 32.4 Å². The highest BCUT2D eigenvalue weighted by atomic mass is 16.5. The number of anilines is 1. The van der Waals surface area contributed by atoms with Gasteiger partial charge in [0, 0.05) is 25.4 Å². The van der Waals surface area contributed by atoms with Crippen LogP contribution in [-0.4, -0.2) is 25.8 Å². The van der Waals surface area contributed by atoms with Gasteiger partial charge in [-0.1, -0.05) is 12.1 Å². The fourth-order valence-electron chi connectivity index (χ4n) is 2.44. The zero-order valence-corrected chi connectivity index (χ0v) is 10.6. The molecule has 1 saturated heterocycles. The lowest BCUT2D eigenvalue weighted by atomic mass is 10.1. The zero-order chi connectivity index (χ0) is 12.1. The Morgan fingerprint density at radius 3 is 2.65 bits per heavy atom. The second-order valence-electron chi connectivity index (χ2n) is 4.53. The summed E-state index contributed by atoms with van der Waals surface area (Å²) in [6.45, 7) is 5.60. The van der Waals surface area contributed by atoms with Crippen molar-refractivity contribution in [2.75, 3.05) is 24.7 Å². The van der Waals surface area contributed by atoms with E-state index in [1.165, 1.54) is 24.1 Å². The molecule has 17 heavy (non-hydrogen) atoms. The summed E-state index contributed by atoms with van der Waals surface area (Å²) in [4.78, 5) is 2.43. The second-order valence-corrected chi connectivity index (χ2v) is 4.53. The summed E-state index contributed by atoms with van der Waals surface area (Å²) in [7, 11) is 0. The van der Waals surface area contributed by atoms with E-state index in [0.717, 1.165) is 19.8 Å². The predicted octanol–water partition coefficient (Wildman–Crippen LogP) is 2.15. The molecule has 0 aliphatic carbocycles. The van der Waals surface area contributed by atoms with E-state index < -0.39 is 0 Å². The largest absolute Gasteiger partial charge is 0.379 e. The summed E-state index contributed by atoms with van der Waals surface area (Å²) in [5.41, 5.74) is 8.08. The normalized spacial score (nSPS) is 20.2. The number of benzene rings is 1. The third-order valence-corrected chi connectivity index (χ3v) is 3.42. The molecule has 2 N–H and O–H groups in total. The molecule has 1 heterocycles. The molecule has 1 atom stereocenters. The van der Waals surface area contributed by atoms with Crippen LogP contribution in [0.25, 0.3) is 0 Å². The van der Waals surface area contributed by atoms with Crippen LogP contribution in [0.15, 0.2) is 24.3 Å². The smallest absolute Gasteiger partial charge is 0.0669 e. The monoisotopic (exact) mass is 234 g/mol. The molecule has 1 aliphatic heterocycles. The average molecular weight is 234 g/mol. The first-order valence-corrected chi connectivity index (χ1v) is 6.48. The number of ether oxygens (including phenoxy) is 1. The minimum absolute atomic E-state index is 0.525. The molecule has 0 saturated carbocycles. The fourth-order valence-corrected chi connectivity index (χ4v) is 2.44. The SMILES string of the molecule is CCN(c1ccc(CN)cc1)C1CCCOC1. The lowest BCUT2D eigenvalue weighted by Gasteiger charge is -2.35. The van der Waals surface area contributed by atoms with Crippen LogP contribution in [0, 0.1) is 0 Å². The van der Waals surface area contributed by atoms with Gasteiger partial charge in [-0.15, -0.1) is 0 Å². The van der Waals surface area contributed by atoms with Crippen molar-refractivity contribution in [3.63, 3.8) is 0 Å². The summed E-state index contributed by atoms with van der Waals surface area (Å²) in [5.74, 6) is 0. The van der Waals surface area contributed by atoms with Gasteiger partial charge < -0.3 is 15.4 Å². The van der Waals surface area contributed by atoms with Gasteiger partial charge in [-0.25, -0.2) is 0 Å². The fraction of sp³-hybridized carbons (Fsp3) is 0.571. The van der Waals surface area contributed by atoms with Crippen LogP contribution in [-0.2, 0) is 11.3 Å². The third kappa shape index (κ3) is 2.99. The Hall–Kier alpha value is -1.06. The van der Waals surface area contributed by atoms with Gasteiger partial charge in [0.1, 0.15) is 0 Å². The van der Waals surface area contributed by atoms with Crippen LogP contribution in [0.4, 0.5) is 5.69 Å². The van der Waals surface area contributed by atoms with Crippen LogP contribution in [0.1, 0.15) is 25.3 Å². The van der Waals surface area contributed by atoms with E-state index in [9.17, 15) is 0 Å². The number of hydrogen-bond acceptors (Lipinski definition) is 3. The van der Waals surface area contributed by atoms with E-state index in [4.69, 9.17) is 10.5 Å². The average Bonchev–Trinajstić information content (AvgIpc) is 2.42. The Kier molecular flexibility index (Phi) is 4.40. The molecule has 94 valence electrons. The van der Waals surface area contributed by atoms with Gasteiger partial charge in [0.05, 0.1) is 12.6 Å². The Morgan fingerprint density at radius 2 is 2.12 bits per heavy atom. The molecule has 0 amide bonds. The number of rotatable bonds is 4. The Bertz CT molecular complexity index is 331. The highest BCUT2D eigenvalue weighted by molar-refractivity contribution is 5.48. The van der Waals surface area contributed by atoms with Crippen LogP contribution in [0.5, 0.6) is 0 Å². The lowest BCUT2D eigenvalue weighted by molar-refractivity contribution is 0.0795. The van der Waals surface area contributed by atoms with Crippen LogP contribution >= 0.6 is 0 Å². The molecule has 0 bridgehead atoms. The Labute approximate surface area is 104 Å². The molecule has 1 fully saturated rings. The van der Waals surface area contributed by atoms with Crippen molar-refractivity contribution < 1.29 is 4.74 Å². The molecule has 1 aliphatic rings. The molecular formula is C14H22N2O. The Morgan fingerprint density at radius 1 is 1.35 bits per heavy atom. The predicted molar refractivity (Wildman–Crippen MR) is 71.2 cm³/mol. The first-order chi connectivity index (χ1) is 8.35. The number of nitrogens with two attached hydrogens (primary N) is 1. The molecule has 1 unspecified atom stereocenters. The summed E-state index contributed by atoms with van der Waals surface area (Å²) in [6.07, 6.45) is 2.40. The minimum Gasteiger partial charge on any atom is -0.379 e. The highest BCUT2D eigenvalue weighted by Gasteiger charge is 2.20. The van der Waals surface area contributed by atoms with Crippen LogP contribution < -0.4 is 10.6 Å². The molecule has 1 aromatic rings. The molecule has 2 rings (SSSR count).